The molecule has 10 heteroatoms. The van der Waals surface area contributed by atoms with Crippen LogP contribution in [0.1, 0.15) is 12.8 Å². The highest BCUT2D eigenvalue weighted by Crippen LogP contribution is 2.08. The van der Waals surface area contributed by atoms with E-state index in [1.54, 1.807) is 0 Å². The van der Waals surface area contributed by atoms with Crippen LogP contribution in [0.3, 0.4) is 0 Å². The van der Waals surface area contributed by atoms with Crippen molar-refractivity contribution in [3.8, 4) is 0 Å². The van der Waals surface area contributed by atoms with Gasteiger partial charge < -0.3 is 10.1 Å². The SMILES string of the molecule is CN(CCCC(=O)O)S(=O)(=O)c1c[nH]c(=O)[nH]c1=O. The number of aromatic nitrogens is 2. The topological polar surface area (TPSA) is 140 Å². The van der Waals surface area contributed by atoms with Crippen LogP contribution < -0.4 is 11.2 Å². The van der Waals surface area contributed by atoms with Crippen molar-refractivity contribution < 1.29 is 18.3 Å². The fourth-order valence-corrected chi connectivity index (χ4v) is 2.53. The molecule has 0 atom stereocenters. The maximum absolute atomic E-state index is 12.0. The minimum Gasteiger partial charge on any atom is -0.481 e. The zero-order valence-electron chi connectivity index (χ0n) is 10.0. The fourth-order valence-electron chi connectivity index (χ4n) is 1.33. The van der Waals surface area contributed by atoms with Crippen molar-refractivity contribution in [2.45, 2.75) is 17.7 Å². The standard InChI is InChI=1S/C9H13N3O6S/c1-12(4-2-3-7(13)14)19(17,18)6-5-10-9(16)11-8(6)15/h5H,2-4H2,1H3,(H,13,14)(H2,10,11,15,16). The monoisotopic (exact) mass is 291 g/mol. The molecule has 1 heterocycles. The average Bonchev–Trinajstić information content (AvgIpc) is 2.27. The average molecular weight is 291 g/mol. The van der Waals surface area contributed by atoms with E-state index in [2.05, 4.69) is 4.98 Å². The van der Waals surface area contributed by atoms with Crippen molar-refractivity contribution in [1.29, 1.82) is 0 Å². The molecule has 3 N–H and O–H groups in total. The first-order chi connectivity index (χ1) is 8.75. The fraction of sp³-hybridized carbons (Fsp3) is 0.444. The molecular weight excluding hydrogens is 278 g/mol. The van der Waals surface area contributed by atoms with E-state index in [4.69, 9.17) is 5.11 Å². The predicted molar refractivity (Wildman–Crippen MR) is 64.4 cm³/mol. The first-order valence-electron chi connectivity index (χ1n) is 5.25. The van der Waals surface area contributed by atoms with Crippen molar-refractivity contribution in [2.24, 2.45) is 0 Å². The van der Waals surface area contributed by atoms with E-state index in [-0.39, 0.29) is 19.4 Å². The van der Waals surface area contributed by atoms with Gasteiger partial charge in [-0.25, -0.2) is 17.5 Å². The number of carboxylic acid groups (broad SMARTS) is 1. The van der Waals surface area contributed by atoms with Crippen LogP contribution >= 0.6 is 0 Å². The number of hydrogen-bond donors (Lipinski definition) is 3. The molecule has 0 amide bonds. The van der Waals surface area contributed by atoms with E-state index < -0.39 is 32.1 Å². The van der Waals surface area contributed by atoms with Gasteiger partial charge in [0.1, 0.15) is 0 Å². The molecule has 0 aromatic carbocycles. The van der Waals surface area contributed by atoms with E-state index in [0.29, 0.717) is 0 Å². The summed E-state index contributed by atoms with van der Waals surface area (Å²) in [5.41, 5.74) is -1.83. The zero-order chi connectivity index (χ0) is 14.6. The van der Waals surface area contributed by atoms with E-state index in [0.717, 1.165) is 10.5 Å². The number of aromatic amines is 2. The van der Waals surface area contributed by atoms with E-state index in [1.165, 1.54) is 7.05 Å². The molecule has 0 radical (unpaired) electrons. The highest BCUT2D eigenvalue weighted by atomic mass is 32.2. The van der Waals surface area contributed by atoms with Gasteiger partial charge >= 0.3 is 11.7 Å². The Bertz CT molecular complexity index is 674. The number of aliphatic carboxylic acids is 1. The van der Waals surface area contributed by atoms with Crippen LogP contribution in [0.25, 0.3) is 0 Å². The van der Waals surface area contributed by atoms with Crippen LogP contribution in [0.2, 0.25) is 0 Å². The van der Waals surface area contributed by atoms with Crippen LogP contribution in [0.15, 0.2) is 20.7 Å². The summed E-state index contributed by atoms with van der Waals surface area (Å²) in [6, 6.07) is 0. The molecule has 1 rings (SSSR count). The van der Waals surface area contributed by atoms with Crippen LogP contribution in [0, 0.1) is 0 Å². The normalized spacial score (nSPS) is 11.7. The Kier molecular flexibility index (Phi) is 4.62. The van der Waals surface area contributed by atoms with E-state index in [1.807, 2.05) is 4.98 Å². The van der Waals surface area contributed by atoms with Crippen LogP contribution in [-0.2, 0) is 14.8 Å². The molecule has 0 saturated carbocycles. The summed E-state index contributed by atoms with van der Waals surface area (Å²) in [5, 5.41) is 8.46. The van der Waals surface area contributed by atoms with Crippen LogP contribution in [0.4, 0.5) is 0 Å². The van der Waals surface area contributed by atoms with Gasteiger partial charge in [0.25, 0.3) is 5.56 Å². The molecule has 0 aliphatic carbocycles. The summed E-state index contributed by atoms with van der Waals surface area (Å²) in [4.78, 5) is 35.8. The smallest absolute Gasteiger partial charge is 0.325 e. The molecule has 0 aliphatic heterocycles. The number of carbonyl (C=O) groups is 1. The number of H-pyrrole nitrogens is 2. The Labute approximate surface area is 107 Å². The van der Waals surface area contributed by atoms with Gasteiger partial charge in [0.2, 0.25) is 10.0 Å². The Balaban J connectivity index is 2.94. The van der Waals surface area contributed by atoms with Crippen LogP contribution in [0.5, 0.6) is 0 Å². The first-order valence-corrected chi connectivity index (χ1v) is 6.69. The molecule has 106 valence electrons. The summed E-state index contributed by atoms with van der Waals surface area (Å²) in [5.74, 6) is -1.03. The molecule has 1 aromatic rings. The molecule has 0 unspecified atom stereocenters. The van der Waals surface area contributed by atoms with Gasteiger partial charge in [-0.05, 0) is 6.42 Å². The minimum atomic E-state index is -4.06. The zero-order valence-corrected chi connectivity index (χ0v) is 10.9. The van der Waals surface area contributed by atoms with Crippen LogP contribution in [-0.4, -0.2) is 47.4 Å². The number of rotatable bonds is 6. The number of carboxylic acids is 1. The maximum Gasteiger partial charge on any atom is 0.325 e. The van der Waals surface area contributed by atoms with Gasteiger partial charge in [0, 0.05) is 26.2 Å². The number of sulfonamides is 1. The molecule has 1 aromatic heterocycles. The molecular formula is C9H13N3O6S. The Morgan fingerprint density at radius 1 is 1.42 bits per heavy atom. The van der Waals surface area contributed by atoms with Crippen molar-refractivity contribution in [2.75, 3.05) is 13.6 Å². The summed E-state index contributed by atoms with van der Waals surface area (Å²) in [6.45, 7) is -0.0484. The Morgan fingerprint density at radius 2 is 2.05 bits per heavy atom. The van der Waals surface area contributed by atoms with Gasteiger partial charge in [0.05, 0.1) is 0 Å². The molecule has 0 aliphatic rings. The molecule has 0 bridgehead atoms. The van der Waals surface area contributed by atoms with E-state index >= 15 is 0 Å². The lowest BCUT2D eigenvalue weighted by Crippen LogP contribution is -2.35. The Morgan fingerprint density at radius 3 is 2.58 bits per heavy atom. The minimum absolute atomic E-state index is 0.0484. The second kappa shape index (κ2) is 5.80. The van der Waals surface area contributed by atoms with Gasteiger partial charge in [-0.1, -0.05) is 0 Å². The second-order valence-electron chi connectivity index (χ2n) is 3.76. The summed E-state index contributed by atoms with van der Waals surface area (Å²) in [7, 11) is -2.83. The lowest BCUT2D eigenvalue weighted by atomic mass is 10.3. The highest BCUT2D eigenvalue weighted by Gasteiger charge is 2.24. The maximum atomic E-state index is 12.0. The first kappa shape index (κ1) is 15.1. The largest absolute Gasteiger partial charge is 0.481 e. The summed E-state index contributed by atoms with van der Waals surface area (Å²) >= 11 is 0. The van der Waals surface area contributed by atoms with Gasteiger partial charge in [-0.2, -0.15) is 0 Å². The molecule has 0 fully saturated rings. The third-order valence-corrected chi connectivity index (χ3v) is 4.20. The highest BCUT2D eigenvalue weighted by molar-refractivity contribution is 7.89. The quantitative estimate of drug-likeness (QED) is 0.585. The lowest BCUT2D eigenvalue weighted by Gasteiger charge is -2.15. The molecule has 0 saturated heterocycles. The molecule has 9 nitrogen and oxygen atoms in total. The lowest BCUT2D eigenvalue weighted by molar-refractivity contribution is -0.137. The van der Waals surface area contributed by atoms with Crippen molar-refractivity contribution in [3.63, 3.8) is 0 Å². The van der Waals surface area contributed by atoms with Gasteiger partial charge in [-0.15, -0.1) is 0 Å². The van der Waals surface area contributed by atoms with E-state index in [9.17, 15) is 22.8 Å². The number of nitrogens with zero attached hydrogens (tertiary/aromatic N) is 1. The van der Waals surface area contributed by atoms with Gasteiger partial charge in [0.15, 0.2) is 4.90 Å². The predicted octanol–water partition coefficient (Wildman–Crippen LogP) is -1.45. The van der Waals surface area contributed by atoms with Gasteiger partial charge in [-0.3, -0.25) is 14.6 Å². The Hall–Kier alpha value is -1.94. The molecule has 19 heavy (non-hydrogen) atoms. The second-order valence-corrected chi connectivity index (χ2v) is 5.77. The summed E-state index contributed by atoms with van der Waals surface area (Å²) < 4.78 is 24.8. The van der Waals surface area contributed by atoms with Crippen molar-refractivity contribution >= 4 is 16.0 Å². The third-order valence-electron chi connectivity index (χ3n) is 2.34. The third kappa shape index (κ3) is 3.76. The molecule has 0 spiro atoms. The van der Waals surface area contributed by atoms with Crippen molar-refractivity contribution in [3.05, 3.63) is 27.0 Å². The van der Waals surface area contributed by atoms with Crippen molar-refractivity contribution in [1.82, 2.24) is 14.3 Å². The number of hydrogen-bond acceptors (Lipinski definition) is 5. The number of nitrogens with one attached hydrogen (secondary N) is 2. The summed E-state index contributed by atoms with van der Waals surface area (Å²) in [6.07, 6.45) is 0.748.